The highest BCUT2D eigenvalue weighted by molar-refractivity contribution is 7.99. The van der Waals surface area contributed by atoms with Crippen LogP contribution in [0.3, 0.4) is 0 Å². The van der Waals surface area contributed by atoms with Crippen molar-refractivity contribution in [2.75, 3.05) is 24.7 Å². The van der Waals surface area contributed by atoms with Crippen LogP contribution in [0.5, 0.6) is 0 Å². The molecule has 6 nitrogen and oxygen atoms in total. The molecule has 0 spiro atoms. The Morgan fingerprint density at radius 2 is 2.00 bits per heavy atom. The Bertz CT molecular complexity index is 737. The predicted octanol–water partition coefficient (Wildman–Crippen LogP) is 0.825. The number of rotatable bonds is 3. The Morgan fingerprint density at radius 3 is 2.76 bits per heavy atom. The molecule has 0 saturated carbocycles. The monoisotopic (exact) mass is 304 g/mol. The van der Waals surface area contributed by atoms with Gasteiger partial charge in [-0.2, -0.15) is 0 Å². The highest BCUT2D eigenvalue weighted by Crippen LogP contribution is 2.18. The molecule has 2 N–H and O–H groups in total. The van der Waals surface area contributed by atoms with Crippen molar-refractivity contribution >= 4 is 28.6 Å². The molecule has 0 unspecified atom stereocenters. The van der Waals surface area contributed by atoms with Gasteiger partial charge < -0.3 is 10.7 Å². The first-order valence-corrected chi connectivity index (χ1v) is 7.83. The van der Waals surface area contributed by atoms with E-state index in [1.807, 2.05) is 11.0 Å². The van der Waals surface area contributed by atoms with Crippen LogP contribution in [0.1, 0.15) is 12.8 Å². The molecule has 7 heteroatoms. The van der Waals surface area contributed by atoms with Gasteiger partial charge in [0.1, 0.15) is 0 Å². The van der Waals surface area contributed by atoms with E-state index in [4.69, 9.17) is 5.84 Å². The molecule has 0 bridgehead atoms. The number of hydrogen-bond donors (Lipinski definition) is 1. The van der Waals surface area contributed by atoms with Gasteiger partial charge in [-0.3, -0.25) is 9.59 Å². The zero-order valence-corrected chi connectivity index (χ0v) is 12.3. The van der Waals surface area contributed by atoms with E-state index in [1.165, 1.54) is 11.8 Å². The number of aromatic nitrogens is 2. The molecule has 1 aliphatic heterocycles. The van der Waals surface area contributed by atoms with E-state index < -0.39 is 0 Å². The van der Waals surface area contributed by atoms with Crippen LogP contribution in [0.2, 0.25) is 0 Å². The van der Waals surface area contributed by atoms with Crippen LogP contribution in [0.25, 0.3) is 10.9 Å². The average molecular weight is 304 g/mol. The van der Waals surface area contributed by atoms with E-state index in [1.54, 1.807) is 18.2 Å². The summed E-state index contributed by atoms with van der Waals surface area (Å²) in [6.45, 7) is 1.64. The first-order valence-electron chi connectivity index (χ1n) is 6.84. The van der Waals surface area contributed by atoms with Crippen molar-refractivity contribution in [3.63, 3.8) is 0 Å². The van der Waals surface area contributed by atoms with E-state index in [0.717, 1.165) is 30.6 Å². The number of fused-ring (bicyclic) bond motifs is 1. The third kappa shape index (κ3) is 2.73. The fourth-order valence-electron chi connectivity index (χ4n) is 2.41. The molecule has 0 atom stereocenters. The molecule has 1 aliphatic rings. The summed E-state index contributed by atoms with van der Waals surface area (Å²) in [7, 11) is 0. The highest BCUT2D eigenvalue weighted by Gasteiger charge is 2.19. The fourth-order valence-corrected chi connectivity index (χ4v) is 3.23. The van der Waals surface area contributed by atoms with Gasteiger partial charge in [-0.15, -0.1) is 0 Å². The number of hydrogen-bond acceptors (Lipinski definition) is 5. The summed E-state index contributed by atoms with van der Waals surface area (Å²) in [4.78, 5) is 30.4. The maximum absolute atomic E-state index is 12.1. The molecule has 110 valence electrons. The van der Waals surface area contributed by atoms with E-state index >= 15 is 0 Å². The molecule has 1 fully saturated rings. The minimum absolute atomic E-state index is 0.0694. The van der Waals surface area contributed by atoms with Crippen molar-refractivity contribution in [1.82, 2.24) is 14.6 Å². The van der Waals surface area contributed by atoms with E-state index in [2.05, 4.69) is 4.98 Å². The summed E-state index contributed by atoms with van der Waals surface area (Å²) in [6.07, 6.45) is 2.12. The van der Waals surface area contributed by atoms with Crippen LogP contribution in [-0.2, 0) is 4.79 Å². The normalized spacial score (nSPS) is 14.8. The van der Waals surface area contributed by atoms with Crippen molar-refractivity contribution in [3.05, 3.63) is 34.6 Å². The topological polar surface area (TPSA) is 81.2 Å². The van der Waals surface area contributed by atoms with Gasteiger partial charge in [0.05, 0.1) is 16.7 Å². The Labute approximate surface area is 125 Å². The predicted molar refractivity (Wildman–Crippen MR) is 82.7 cm³/mol. The molecule has 2 heterocycles. The van der Waals surface area contributed by atoms with Gasteiger partial charge in [-0.1, -0.05) is 23.9 Å². The van der Waals surface area contributed by atoms with Crippen LogP contribution < -0.4 is 11.4 Å². The van der Waals surface area contributed by atoms with Gasteiger partial charge in [0.15, 0.2) is 5.16 Å². The number of nitrogen functional groups attached to an aromatic ring is 1. The van der Waals surface area contributed by atoms with Crippen LogP contribution in [0.4, 0.5) is 0 Å². The molecule has 1 amide bonds. The molecule has 3 rings (SSSR count). The van der Waals surface area contributed by atoms with Crippen molar-refractivity contribution in [1.29, 1.82) is 0 Å². The molecule has 1 aromatic heterocycles. The first kappa shape index (κ1) is 13.9. The van der Waals surface area contributed by atoms with Crippen LogP contribution in [0, 0.1) is 0 Å². The summed E-state index contributed by atoms with van der Waals surface area (Å²) in [6, 6.07) is 7.05. The van der Waals surface area contributed by atoms with Gasteiger partial charge in [-0.05, 0) is 25.0 Å². The van der Waals surface area contributed by atoms with Crippen LogP contribution in [0.15, 0.2) is 34.2 Å². The maximum Gasteiger partial charge on any atom is 0.280 e. The third-order valence-electron chi connectivity index (χ3n) is 3.56. The number of nitrogens with zero attached hydrogens (tertiary/aromatic N) is 3. The highest BCUT2D eigenvalue weighted by atomic mass is 32.2. The van der Waals surface area contributed by atoms with Crippen molar-refractivity contribution in [3.8, 4) is 0 Å². The van der Waals surface area contributed by atoms with E-state index in [-0.39, 0.29) is 17.2 Å². The molecule has 1 aromatic carbocycles. The number of para-hydroxylation sites is 1. The quantitative estimate of drug-likeness (QED) is 0.516. The maximum atomic E-state index is 12.1. The minimum Gasteiger partial charge on any atom is -0.342 e. The third-order valence-corrected chi connectivity index (χ3v) is 4.50. The molecule has 2 aromatic rings. The first-order chi connectivity index (χ1) is 10.2. The second-order valence-corrected chi connectivity index (χ2v) is 5.91. The van der Waals surface area contributed by atoms with Crippen LogP contribution >= 0.6 is 11.8 Å². The zero-order valence-electron chi connectivity index (χ0n) is 11.5. The van der Waals surface area contributed by atoms with E-state index in [9.17, 15) is 9.59 Å². The Balaban J connectivity index is 1.82. The van der Waals surface area contributed by atoms with Gasteiger partial charge >= 0.3 is 0 Å². The minimum atomic E-state index is -0.295. The number of nitrogens with two attached hydrogens (primary N) is 1. The molecule has 21 heavy (non-hydrogen) atoms. The van der Waals surface area contributed by atoms with Crippen molar-refractivity contribution in [2.45, 2.75) is 18.0 Å². The van der Waals surface area contributed by atoms with Gasteiger partial charge in [0.25, 0.3) is 5.56 Å². The lowest BCUT2D eigenvalue weighted by Crippen LogP contribution is -2.32. The van der Waals surface area contributed by atoms with E-state index in [0.29, 0.717) is 16.1 Å². The lowest BCUT2D eigenvalue weighted by molar-refractivity contribution is -0.127. The van der Waals surface area contributed by atoms with Crippen molar-refractivity contribution in [2.24, 2.45) is 0 Å². The fraction of sp³-hybridized carbons (Fsp3) is 0.357. The molecule has 0 aliphatic carbocycles. The summed E-state index contributed by atoms with van der Waals surface area (Å²) >= 11 is 1.21. The SMILES string of the molecule is Nn1c(SCC(=O)N2CCCC2)nc2ccccc2c1=O. The van der Waals surface area contributed by atoms with Gasteiger partial charge in [0.2, 0.25) is 5.91 Å². The lowest BCUT2D eigenvalue weighted by Gasteiger charge is -2.15. The van der Waals surface area contributed by atoms with Gasteiger partial charge in [-0.25, -0.2) is 9.66 Å². The summed E-state index contributed by atoms with van der Waals surface area (Å²) < 4.78 is 1.02. The second-order valence-electron chi connectivity index (χ2n) is 4.96. The molecule has 0 radical (unpaired) electrons. The molecular weight excluding hydrogens is 288 g/mol. The van der Waals surface area contributed by atoms with Crippen LogP contribution in [-0.4, -0.2) is 39.3 Å². The number of likely N-dealkylation sites (tertiary alicyclic amines) is 1. The number of amides is 1. The second kappa shape index (κ2) is 5.77. The van der Waals surface area contributed by atoms with Gasteiger partial charge in [0, 0.05) is 13.1 Å². The summed E-state index contributed by atoms with van der Waals surface area (Å²) in [5.74, 6) is 6.11. The summed E-state index contributed by atoms with van der Waals surface area (Å²) in [5.41, 5.74) is 0.303. The summed E-state index contributed by atoms with van der Waals surface area (Å²) in [5, 5.41) is 0.849. The smallest absolute Gasteiger partial charge is 0.280 e. The molecule has 1 saturated heterocycles. The Kier molecular flexibility index (Phi) is 3.83. The lowest BCUT2D eigenvalue weighted by atomic mass is 10.2. The van der Waals surface area contributed by atoms with Crippen molar-refractivity contribution < 1.29 is 4.79 Å². The average Bonchev–Trinajstić information content (AvgIpc) is 3.03. The number of carbonyl (C=O) groups excluding carboxylic acids is 1. The largest absolute Gasteiger partial charge is 0.342 e. The number of benzene rings is 1. The number of carbonyl (C=O) groups is 1. The number of thioether (sulfide) groups is 1. The Morgan fingerprint density at radius 1 is 1.29 bits per heavy atom. The standard InChI is InChI=1S/C14H16N4O2S/c15-18-13(20)10-5-1-2-6-11(10)16-14(18)21-9-12(19)17-7-3-4-8-17/h1-2,5-6H,3-4,7-9,15H2. The molecular formula is C14H16N4O2S. The zero-order chi connectivity index (χ0) is 14.8. The Hall–Kier alpha value is -2.02.